The van der Waals surface area contributed by atoms with E-state index in [1.807, 2.05) is 0 Å². The monoisotopic (exact) mass is 210 g/mol. The van der Waals surface area contributed by atoms with Crippen LogP contribution in [0.15, 0.2) is 12.4 Å². The van der Waals surface area contributed by atoms with Crippen LogP contribution in [-0.4, -0.2) is 27.2 Å². The van der Waals surface area contributed by atoms with E-state index in [1.165, 1.54) is 17.1 Å². The molecule has 1 aromatic heterocycles. The summed E-state index contributed by atoms with van der Waals surface area (Å²) in [4.78, 5) is 20.9. The van der Waals surface area contributed by atoms with Crippen molar-refractivity contribution in [2.75, 3.05) is 6.54 Å². The fourth-order valence-corrected chi connectivity index (χ4v) is 1.57. The van der Waals surface area contributed by atoms with Gasteiger partial charge in [0.05, 0.1) is 11.0 Å². The topological polar surface area (TPSA) is 90.1 Å². The fourth-order valence-electron chi connectivity index (χ4n) is 1.57. The minimum absolute atomic E-state index is 0.0212. The van der Waals surface area contributed by atoms with Crippen LogP contribution in [0.25, 0.3) is 0 Å². The Bertz CT molecular complexity index is 390. The smallest absolute Gasteiger partial charge is 0.307 e. The quantitative estimate of drug-likeness (QED) is 0.559. The molecule has 1 aromatic rings. The number of aromatic nitrogens is 2. The van der Waals surface area contributed by atoms with Gasteiger partial charge in [-0.2, -0.15) is 5.10 Å². The first kappa shape index (κ1) is 9.63. The molecule has 0 bridgehead atoms. The molecule has 1 amide bonds. The highest BCUT2D eigenvalue weighted by atomic mass is 16.6. The molecule has 2 heterocycles. The largest absolute Gasteiger partial charge is 0.354 e. The van der Waals surface area contributed by atoms with E-state index in [1.54, 1.807) is 0 Å². The number of nitro groups is 1. The van der Waals surface area contributed by atoms with Gasteiger partial charge in [-0.05, 0) is 6.42 Å². The lowest BCUT2D eigenvalue weighted by atomic mass is 10.1. The normalized spacial score (nSPS) is 21.1. The van der Waals surface area contributed by atoms with Crippen LogP contribution in [0.3, 0.4) is 0 Å². The summed E-state index contributed by atoms with van der Waals surface area (Å²) >= 11 is 0. The average Bonchev–Trinajstić information content (AvgIpc) is 2.68. The first-order chi connectivity index (χ1) is 7.16. The summed E-state index contributed by atoms with van der Waals surface area (Å²) in [7, 11) is 0. The summed E-state index contributed by atoms with van der Waals surface area (Å²) in [5, 5.41) is 17.0. The molecule has 1 aliphatic heterocycles. The molecule has 7 heteroatoms. The molecule has 0 radical (unpaired) electrons. The molecule has 0 unspecified atom stereocenters. The third-order valence-corrected chi connectivity index (χ3v) is 2.41. The summed E-state index contributed by atoms with van der Waals surface area (Å²) in [6.07, 6.45) is 3.72. The van der Waals surface area contributed by atoms with E-state index in [4.69, 9.17) is 0 Å². The summed E-state index contributed by atoms with van der Waals surface area (Å²) in [5.74, 6) is 0.0212. The van der Waals surface area contributed by atoms with E-state index in [0.717, 1.165) is 0 Å². The lowest BCUT2D eigenvalue weighted by molar-refractivity contribution is -0.385. The number of amides is 1. The predicted octanol–water partition coefficient (Wildman–Crippen LogP) is 0.242. The van der Waals surface area contributed by atoms with Gasteiger partial charge in [-0.3, -0.25) is 19.6 Å². The van der Waals surface area contributed by atoms with Crippen molar-refractivity contribution in [3.8, 4) is 0 Å². The number of carbonyl (C=O) groups excluding carboxylic acids is 1. The summed E-state index contributed by atoms with van der Waals surface area (Å²) in [5.41, 5.74) is -0.0214. The average molecular weight is 210 g/mol. The van der Waals surface area contributed by atoms with Crippen LogP contribution in [0.5, 0.6) is 0 Å². The molecular weight excluding hydrogens is 200 g/mol. The predicted molar refractivity (Wildman–Crippen MR) is 50.2 cm³/mol. The molecule has 1 saturated heterocycles. The van der Waals surface area contributed by atoms with Gasteiger partial charge in [0.1, 0.15) is 12.4 Å². The van der Waals surface area contributed by atoms with Crippen molar-refractivity contribution in [1.29, 1.82) is 0 Å². The summed E-state index contributed by atoms with van der Waals surface area (Å²) < 4.78 is 1.54. The maximum atomic E-state index is 10.9. The Kier molecular flexibility index (Phi) is 2.36. The molecule has 7 nitrogen and oxygen atoms in total. The first-order valence-electron chi connectivity index (χ1n) is 4.62. The Balaban J connectivity index is 2.09. The molecule has 1 N–H and O–H groups in total. The lowest BCUT2D eigenvalue weighted by Gasteiger charge is -2.22. The van der Waals surface area contributed by atoms with Gasteiger partial charge in [-0.1, -0.05) is 0 Å². The Labute approximate surface area is 85.2 Å². The highest BCUT2D eigenvalue weighted by Crippen LogP contribution is 2.18. The van der Waals surface area contributed by atoms with Crippen molar-refractivity contribution >= 4 is 11.6 Å². The second kappa shape index (κ2) is 3.68. The van der Waals surface area contributed by atoms with Crippen LogP contribution in [0, 0.1) is 10.1 Å². The van der Waals surface area contributed by atoms with Crippen molar-refractivity contribution in [3.05, 3.63) is 22.5 Å². The van der Waals surface area contributed by atoms with E-state index >= 15 is 0 Å². The first-order valence-corrected chi connectivity index (χ1v) is 4.62. The maximum Gasteiger partial charge on any atom is 0.307 e. The molecule has 1 atom stereocenters. The number of hydrogen-bond donors (Lipinski definition) is 1. The zero-order chi connectivity index (χ0) is 10.8. The van der Waals surface area contributed by atoms with Crippen LogP contribution in [-0.2, 0) is 4.79 Å². The van der Waals surface area contributed by atoms with E-state index < -0.39 is 4.92 Å². The molecule has 1 aliphatic rings. The SMILES string of the molecule is O=C1CC[C@@H](n2cc([N+](=O)[O-])cn2)CN1. The van der Waals surface area contributed by atoms with Gasteiger partial charge in [0, 0.05) is 13.0 Å². The van der Waals surface area contributed by atoms with E-state index in [0.29, 0.717) is 19.4 Å². The molecule has 2 rings (SSSR count). The zero-order valence-electron chi connectivity index (χ0n) is 7.92. The molecule has 1 fully saturated rings. The molecule has 0 saturated carbocycles. The van der Waals surface area contributed by atoms with Crippen LogP contribution in [0.2, 0.25) is 0 Å². The number of hydrogen-bond acceptors (Lipinski definition) is 4. The summed E-state index contributed by atoms with van der Waals surface area (Å²) in [6, 6.07) is 0.0244. The van der Waals surface area contributed by atoms with Gasteiger partial charge in [-0.25, -0.2) is 0 Å². The molecule has 0 spiro atoms. The van der Waals surface area contributed by atoms with Crippen LogP contribution >= 0.6 is 0 Å². The lowest BCUT2D eigenvalue weighted by Crippen LogP contribution is -2.36. The van der Waals surface area contributed by atoms with Gasteiger partial charge in [0.15, 0.2) is 0 Å². The Morgan fingerprint density at radius 3 is 3.00 bits per heavy atom. The molecule has 0 aliphatic carbocycles. The number of rotatable bonds is 2. The third-order valence-electron chi connectivity index (χ3n) is 2.41. The number of nitrogens with zero attached hydrogens (tertiary/aromatic N) is 3. The Morgan fingerprint density at radius 1 is 1.67 bits per heavy atom. The molecule has 0 aromatic carbocycles. The molecule has 15 heavy (non-hydrogen) atoms. The third kappa shape index (κ3) is 1.95. The van der Waals surface area contributed by atoms with Gasteiger partial charge < -0.3 is 5.32 Å². The highest BCUT2D eigenvalue weighted by Gasteiger charge is 2.21. The van der Waals surface area contributed by atoms with Gasteiger partial charge in [0.2, 0.25) is 5.91 Å². The van der Waals surface area contributed by atoms with Crippen molar-refractivity contribution < 1.29 is 9.72 Å². The number of piperidine rings is 1. The second-order valence-electron chi connectivity index (χ2n) is 3.43. The van der Waals surface area contributed by atoms with Crippen molar-refractivity contribution in [2.24, 2.45) is 0 Å². The van der Waals surface area contributed by atoms with Crippen molar-refractivity contribution in [1.82, 2.24) is 15.1 Å². The van der Waals surface area contributed by atoms with E-state index in [2.05, 4.69) is 10.4 Å². The Hall–Kier alpha value is -1.92. The van der Waals surface area contributed by atoms with E-state index in [9.17, 15) is 14.9 Å². The van der Waals surface area contributed by atoms with Gasteiger partial charge >= 0.3 is 5.69 Å². The highest BCUT2D eigenvalue weighted by molar-refractivity contribution is 5.76. The molecular formula is C8H10N4O3. The van der Waals surface area contributed by atoms with E-state index in [-0.39, 0.29) is 17.6 Å². The number of nitrogens with one attached hydrogen (secondary N) is 1. The second-order valence-corrected chi connectivity index (χ2v) is 3.43. The fraction of sp³-hybridized carbons (Fsp3) is 0.500. The van der Waals surface area contributed by atoms with Crippen LogP contribution in [0.4, 0.5) is 5.69 Å². The minimum atomic E-state index is -0.481. The number of carbonyl (C=O) groups is 1. The van der Waals surface area contributed by atoms with Gasteiger partial charge in [-0.15, -0.1) is 0 Å². The van der Waals surface area contributed by atoms with Crippen LogP contribution < -0.4 is 5.32 Å². The maximum absolute atomic E-state index is 10.9. The Morgan fingerprint density at radius 2 is 2.47 bits per heavy atom. The van der Waals surface area contributed by atoms with Crippen molar-refractivity contribution in [3.63, 3.8) is 0 Å². The van der Waals surface area contributed by atoms with Gasteiger partial charge in [0.25, 0.3) is 0 Å². The van der Waals surface area contributed by atoms with Crippen LogP contribution in [0.1, 0.15) is 18.9 Å². The standard InChI is InChI=1S/C8H10N4O3/c13-8-2-1-6(3-9-8)11-5-7(4-10-11)12(14)15/h4-6H,1-3H2,(H,9,13)/t6-/m1/s1. The summed E-state index contributed by atoms with van der Waals surface area (Å²) in [6.45, 7) is 0.484. The van der Waals surface area contributed by atoms with Crippen molar-refractivity contribution in [2.45, 2.75) is 18.9 Å². The minimum Gasteiger partial charge on any atom is -0.354 e. The molecule has 80 valence electrons. The zero-order valence-corrected chi connectivity index (χ0v) is 7.92.